The Balaban J connectivity index is 1.30. The molecule has 2 aromatic heterocycles. The van der Waals surface area contributed by atoms with E-state index in [0.29, 0.717) is 6.61 Å². The third-order valence-electron chi connectivity index (χ3n) is 4.43. The summed E-state index contributed by atoms with van der Waals surface area (Å²) in [6.45, 7) is 0.475. The normalized spacial score (nSPS) is 10.9. The fourth-order valence-electron chi connectivity index (χ4n) is 3.02. The Morgan fingerprint density at radius 3 is 2.54 bits per heavy atom. The van der Waals surface area contributed by atoms with Crippen LogP contribution in [-0.4, -0.2) is 4.98 Å². The highest BCUT2D eigenvalue weighted by molar-refractivity contribution is 5.78. The standard InChI is InChI=1S/C23H21NO2/c1-2-9-23-19(6-1)12-13-20(24-23)17-26-22-14-10-18(11-15-22)5-3-7-21-8-4-16-25-21/h1-2,4,6,8-16H,3,5,7,17H2. The smallest absolute Gasteiger partial charge is 0.130 e. The van der Waals surface area contributed by atoms with Crippen LogP contribution >= 0.6 is 0 Å². The van der Waals surface area contributed by atoms with Crippen molar-refractivity contribution in [3.63, 3.8) is 0 Å². The van der Waals surface area contributed by atoms with Gasteiger partial charge in [0.2, 0.25) is 0 Å². The van der Waals surface area contributed by atoms with E-state index < -0.39 is 0 Å². The molecule has 0 bridgehead atoms. The number of benzene rings is 2. The summed E-state index contributed by atoms with van der Waals surface area (Å²) in [7, 11) is 0. The lowest BCUT2D eigenvalue weighted by molar-refractivity contribution is 0.301. The largest absolute Gasteiger partial charge is 0.487 e. The SMILES string of the molecule is c1coc(CCCc2ccc(OCc3ccc4ccccc4n3)cc2)c1. The Morgan fingerprint density at radius 1 is 0.808 bits per heavy atom. The van der Waals surface area contributed by atoms with Crippen molar-refractivity contribution >= 4 is 10.9 Å². The van der Waals surface area contributed by atoms with Crippen LogP contribution in [0.25, 0.3) is 10.9 Å². The Bertz CT molecular complexity index is 959. The first-order valence-electron chi connectivity index (χ1n) is 8.96. The molecule has 0 unspecified atom stereocenters. The summed E-state index contributed by atoms with van der Waals surface area (Å²) in [5, 5.41) is 1.15. The van der Waals surface area contributed by atoms with E-state index in [2.05, 4.69) is 29.2 Å². The van der Waals surface area contributed by atoms with Gasteiger partial charge in [-0.1, -0.05) is 36.4 Å². The topological polar surface area (TPSA) is 35.3 Å². The summed E-state index contributed by atoms with van der Waals surface area (Å²) >= 11 is 0. The highest BCUT2D eigenvalue weighted by atomic mass is 16.5. The molecule has 0 saturated heterocycles. The maximum absolute atomic E-state index is 5.88. The molecule has 2 heterocycles. The number of pyridine rings is 1. The van der Waals surface area contributed by atoms with Gasteiger partial charge in [-0.3, -0.25) is 0 Å². The number of fused-ring (bicyclic) bond motifs is 1. The summed E-state index contributed by atoms with van der Waals surface area (Å²) < 4.78 is 11.2. The lowest BCUT2D eigenvalue weighted by Gasteiger charge is -2.08. The van der Waals surface area contributed by atoms with E-state index in [9.17, 15) is 0 Å². The number of aromatic nitrogens is 1. The number of nitrogens with zero attached hydrogens (tertiary/aromatic N) is 1. The molecule has 0 amide bonds. The summed E-state index contributed by atoms with van der Waals surface area (Å²) in [4.78, 5) is 4.64. The lowest BCUT2D eigenvalue weighted by Crippen LogP contribution is -1.98. The van der Waals surface area contributed by atoms with Crippen LogP contribution in [0, 0.1) is 0 Å². The number of para-hydroxylation sites is 1. The quantitative estimate of drug-likeness (QED) is 0.439. The average molecular weight is 343 g/mol. The zero-order valence-electron chi connectivity index (χ0n) is 14.6. The van der Waals surface area contributed by atoms with E-state index in [-0.39, 0.29) is 0 Å². The van der Waals surface area contributed by atoms with Crippen LogP contribution < -0.4 is 4.74 Å². The molecule has 0 saturated carbocycles. The van der Waals surface area contributed by atoms with E-state index in [1.54, 1.807) is 6.26 Å². The van der Waals surface area contributed by atoms with Crippen LogP contribution in [0.1, 0.15) is 23.4 Å². The molecule has 0 aliphatic rings. The van der Waals surface area contributed by atoms with Crippen molar-refractivity contribution < 1.29 is 9.15 Å². The predicted octanol–water partition coefficient (Wildman–Crippen LogP) is 5.58. The van der Waals surface area contributed by atoms with E-state index in [1.807, 2.05) is 48.5 Å². The zero-order valence-corrected chi connectivity index (χ0v) is 14.6. The molecule has 0 fully saturated rings. The number of rotatable bonds is 7. The average Bonchev–Trinajstić information content (AvgIpc) is 3.21. The highest BCUT2D eigenvalue weighted by Crippen LogP contribution is 2.17. The summed E-state index contributed by atoms with van der Waals surface area (Å²) in [5.41, 5.74) is 3.25. The van der Waals surface area contributed by atoms with Gasteiger partial charge >= 0.3 is 0 Å². The van der Waals surface area contributed by atoms with Crippen LogP contribution in [0.3, 0.4) is 0 Å². The molecule has 0 N–H and O–H groups in total. The first-order chi connectivity index (χ1) is 12.9. The van der Waals surface area contributed by atoms with Crippen molar-refractivity contribution in [1.82, 2.24) is 4.98 Å². The summed E-state index contributed by atoms with van der Waals surface area (Å²) in [6, 6.07) is 24.5. The second-order valence-corrected chi connectivity index (χ2v) is 6.36. The number of hydrogen-bond acceptors (Lipinski definition) is 3. The van der Waals surface area contributed by atoms with Gasteiger partial charge < -0.3 is 9.15 Å². The number of furan rings is 1. The van der Waals surface area contributed by atoms with Gasteiger partial charge in [0.25, 0.3) is 0 Å². The van der Waals surface area contributed by atoms with Crippen LogP contribution in [0.15, 0.2) is 83.5 Å². The second kappa shape index (κ2) is 7.87. The van der Waals surface area contributed by atoms with E-state index in [0.717, 1.165) is 47.4 Å². The predicted molar refractivity (Wildman–Crippen MR) is 103 cm³/mol. The van der Waals surface area contributed by atoms with Crippen LogP contribution in [0.4, 0.5) is 0 Å². The number of ether oxygens (including phenoxy) is 1. The molecule has 3 heteroatoms. The van der Waals surface area contributed by atoms with Gasteiger partial charge in [-0.15, -0.1) is 0 Å². The third-order valence-corrected chi connectivity index (χ3v) is 4.43. The number of hydrogen-bond donors (Lipinski definition) is 0. The molecular weight excluding hydrogens is 322 g/mol. The summed E-state index contributed by atoms with van der Waals surface area (Å²) in [6.07, 6.45) is 4.81. The minimum atomic E-state index is 0.475. The highest BCUT2D eigenvalue weighted by Gasteiger charge is 2.01. The van der Waals surface area contributed by atoms with E-state index in [1.165, 1.54) is 5.56 Å². The van der Waals surface area contributed by atoms with Crippen molar-refractivity contribution in [3.8, 4) is 5.75 Å². The van der Waals surface area contributed by atoms with Gasteiger partial charge in [-0.05, 0) is 54.8 Å². The molecule has 0 radical (unpaired) electrons. The molecule has 3 nitrogen and oxygen atoms in total. The lowest BCUT2D eigenvalue weighted by atomic mass is 10.1. The molecule has 4 rings (SSSR count). The Kier molecular flexibility index (Phi) is 4.97. The molecule has 0 aliphatic heterocycles. The van der Waals surface area contributed by atoms with Crippen molar-refractivity contribution in [2.45, 2.75) is 25.9 Å². The Labute approximate surface area is 153 Å². The fraction of sp³-hybridized carbons (Fsp3) is 0.174. The molecule has 0 atom stereocenters. The fourth-order valence-corrected chi connectivity index (χ4v) is 3.02. The zero-order chi connectivity index (χ0) is 17.6. The Morgan fingerprint density at radius 2 is 1.69 bits per heavy atom. The van der Waals surface area contributed by atoms with E-state index in [4.69, 9.17) is 9.15 Å². The molecule has 0 aliphatic carbocycles. The van der Waals surface area contributed by atoms with Crippen molar-refractivity contribution in [2.24, 2.45) is 0 Å². The third kappa shape index (κ3) is 4.12. The minimum absolute atomic E-state index is 0.475. The van der Waals surface area contributed by atoms with Gasteiger partial charge in [-0.25, -0.2) is 4.98 Å². The van der Waals surface area contributed by atoms with Crippen molar-refractivity contribution in [2.75, 3.05) is 0 Å². The van der Waals surface area contributed by atoms with Gasteiger partial charge in [0.15, 0.2) is 0 Å². The molecule has 130 valence electrons. The van der Waals surface area contributed by atoms with Gasteiger partial charge in [0.05, 0.1) is 17.5 Å². The molecule has 2 aromatic carbocycles. The van der Waals surface area contributed by atoms with Gasteiger partial charge in [0.1, 0.15) is 18.1 Å². The Hall–Kier alpha value is -3.07. The maximum atomic E-state index is 5.88. The summed E-state index contributed by atoms with van der Waals surface area (Å²) in [5.74, 6) is 1.92. The van der Waals surface area contributed by atoms with Crippen LogP contribution in [-0.2, 0) is 19.4 Å². The molecule has 0 spiro atoms. The molecule has 26 heavy (non-hydrogen) atoms. The molecular formula is C23H21NO2. The first-order valence-corrected chi connectivity index (χ1v) is 8.96. The van der Waals surface area contributed by atoms with Gasteiger partial charge in [0, 0.05) is 11.8 Å². The minimum Gasteiger partial charge on any atom is -0.487 e. The van der Waals surface area contributed by atoms with Crippen molar-refractivity contribution in [1.29, 1.82) is 0 Å². The first kappa shape index (κ1) is 16.4. The van der Waals surface area contributed by atoms with Crippen molar-refractivity contribution in [3.05, 3.63) is 96.1 Å². The maximum Gasteiger partial charge on any atom is 0.130 e. The van der Waals surface area contributed by atoms with Gasteiger partial charge in [-0.2, -0.15) is 0 Å². The van der Waals surface area contributed by atoms with Crippen LogP contribution in [0.5, 0.6) is 5.75 Å². The number of aryl methyl sites for hydroxylation is 2. The molecule has 4 aromatic rings. The monoisotopic (exact) mass is 343 g/mol. The second-order valence-electron chi connectivity index (χ2n) is 6.36. The van der Waals surface area contributed by atoms with Crippen LogP contribution in [0.2, 0.25) is 0 Å². The van der Waals surface area contributed by atoms with E-state index >= 15 is 0 Å².